The Kier molecular flexibility index (Phi) is 10.1. The van der Waals surface area contributed by atoms with E-state index in [1.165, 1.54) is 32.4 Å². The first-order valence-corrected chi connectivity index (χ1v) is 15.5. The van der Waals surface area contributed by atoms with E-state index >= 15 is 0 Å². The van der Waals surface area contributed by atoms with Gasteiger partial charge in [-0.1, -0.05) is 0 Å². The average molecular weight is 671 g/mol. The van der Waals surface area contributed by atoms with Crippen LogP contribution < -0.4 is 18.9 Å². The van der Waals surface area contributed by atoms with E-state index in [9.17, 15) is 34.9 Å². The van der Waals surface area contributed by atoms with Crippen LogP contribution in [0, 0.1) is 34.1 Å². The number of carboxylic acid groups (broad SMARTS) is 1. The summed E-state index contributed by atoms with van der Waals surface area (Å²) in [6, 6.07) is 12.6. The Bertz CT molecular complexity index is 1990. The maximum Gasteiger partial charge on any atom is 0.339 e. The molecule has 2 aliphatic rings. The van der Waals surface area contributed by atoms with E-state index in [0.717, 1.165) is 36.0 Å². The molecule has 0 bridgehead atoms. The minimum atomic E-state index is -1.12. The number of nitrogens with zero attached hydrogens (tertiary/aromatic N) is 2. The molecule has 254 valence electrons. The molecule has 2 aliphatic carbocycles. The monoisotopic (exact) mass is 670 g/mol. The van der Waals surface area contributed by atoms with Crippen LogP contribution in [-0.2, 0) is 25.7 Å². The van der Waals surface area contributed by atoms with Gasteiger partial charge >= 0.3 is 5.97 Å². The van der Waals surface area contributed by atoms with E-state index in [-0.39, 0.29) is 32.5 Å². The molecule has 0 aromatic heterocycles. The number of carboxylic acids is 1. The van der Waals surface area contributed by atoms with Crippen molar-refractivity contribution >= 4 is 23.6 Å². The Labute approximate surface area is 281 Å². The quantitative estimate of drug-likeness (QED) is 0.0985. The van der Waals surface area contributed by atoms with Crippen molar-refractivity contribution in [2.75, 3.05) is 14.2 Å². The van der Waals surface area contributed by atoms with Crippen LogP contribution in [0.3, 0.4) is 0 Å². The Morgan fingerprint density at radius 1 is 0.714 bits per heavy atom. The lowest BCUT2D eigenvalue weighted by Crippen LogP contribution is -2.02. The molecule has 0 saturated carbocycles. The van der Waals surface area contributed by atoms with Gasteiger partial charge in [0.15, 0.2) is 6.29 Å². The summed E-state index contributed by atoms with van der Waals surface area (Å²) in [5, 5.41) is 31.8. The van der Waals surface area contributed by atoms with Gasteiger partial charge in [-0.25, -0.2) is 4.79 Å². The Balaban J connectivity index is 0.000000191. The number of rotatable bonds is 10. The van der Waals surface area contributed by atoms with Gasteiger partial charge in [0, 0.05) is 34.4 Å². The topological polar surface area (TPSA) is 178 Å². The fourth-order valence-corrected chi connectivity index (χ4v) is 6.38. The maximum absolute atomic E-state index is 11.3. The van der Waals surface area contributed by atoms with Gasteiger partial charge in [0.2, 0.25) is 0 Å². The second-order valence-electron chi connectivity index (χ2n) is 11.6. The van der Waals surface area contributed by atoms with Crippen LogP contribution >= 0.6 is 0 Å². The van der Waals surface area contributed by atoms with Crippen LogP contribution in [-0.4, -0.2) is 41.4 Å². The second kappa shape index (κ2) is 14.4. The van der Waals surface area contributed by atoms with Crippen molar-refractivity contribution in [1.82, 2.24) is 0 Å². The number of aromatic carboxylic acids is 1. The van der Waals surface area contributed by atoms with E-state index in [1.54, 1.807) is 44.2 Å². The van der Waals surface area contributed by atoms with Gasteiger partial charge in [0.25, 0.3) is 11.4 Å². The van der Waals surface area contributed by atoms with Gasteiger partial charge in [-0.3, -0.25) is 25.0 Å². The molecule has 0 fully saturated rings. The SMILES string of the molecule is COc1ccc(Oc2c(C)cc([N+](=O)[O-])c3c2CCC3)cc1C(=O)O.COc1ccc(Oc2c(C)cc([N+](=O)[O-])c3c2CCC3)cc1C=O. The first kappa shape index (κ1) is 34.4. The molecule has 0 unspecified atom stereocenters. The van der Waals surface area contributed by atoms with Gasteiger partial charge < -0.3 is 24.1 Å². The van der Waals surface area contributed by atoms with Crippen LogP contribution in [0.4, 0.5) is 11.4 Å². The van der Waals surface area contributed by atoms with E-state index < -0.39 is 5.97 Å². The fraction of sp³-hybridized carbons (Fsp3) is 0.278. The Morgan fingerprint density at radius 2 is 1.16 bits per heavy atom. The van der Waals surface area contributed by atoms with Gasteiger partial charge in [0.05, 0.1) is 29.6 Å². The summed E-state index contributed by atoms with van der Waals surface area (Å²) in [4.78, 5) is 44.3. The van der Waals surface area contributed by atoms with Gasteiger partial charge in [-0.05, 0) is 99.9 Å². The molecule has 0 heterocycles. The minimum Gasteiger partial charge on any atom is -0.496 e. The summed E-state index contributed by atoms with van der Waals surface area (Å²) in [7, 11) is 2.89. The lowest BCUT2D eigenvalue weighted by Gasteiger charge is -2.15. The van der Waals surface area contributed by atoms with Crippen LogP contribution in [0.2, 0.25) is 0 Å². The lowest BCUT2D eigenvalue weighted by atomic mass is 10.0. The fourth-order valence-electron chi connectivity index (χ4n) is 6.38. The molecule has 4 aromatic rings. The standard InChI is InChI=1S/C18H17NO6.C18H17NO5/c1-10-8-15(19(22)23)12-4-3-5-13(12)17(10)25-11-6-7-16(24-2)14(9-11)18(20)21;1-11-8-16(19(21)22)14-4-3-5-15(14)18(11)24-13-6-7-17(23-2)12(9-13)10-20/h6-9H,3-5H2,1-2H3,(H,20,21);6-10H,3-5H2,1-2H3. The molecule has 13 heteroatoms. The van der Waals surface area contributed by atoms with Crippen molar-refractivity contribution in [2.45, 2.75) is 52.4 Å². The number of aryl methyl sites for hydroxylation is 2. The van der Waals surface area contributed by atoms with E-state index in [1.807, 2.05) is 0 Å². The average Bonchev–Trinajstić information content (AvgIpc) is 3.78. The van der Waals surface area contributed by atoms with Crippen molar-refractivity contribution < 1.29 is 43.5 Å². The van der Waals surface area contributed by atoms with E-state index in [0.29, 0.717) is 76.5 Å². The molecule has 0 saturated heterocycles. The van der Waals surface area contributed by atoms with E-state index in [4.69, 9.17) is 18.9 Å². The summed E-state index contributed by atoms with van der Waals surface area (Å²) in [5.41, 5.74) is 5.23. The highest BCUT2D eigenvalue weighted by Crippen LogP contribution is 2.43. The van der Waals surface area contributed by atoms with Crippen molar-refractivity contribution in [2.24, 2.45) is 0 Å². The largest absolute Gasteiger partial charge is 0.496 e. The zero-order valence-corrected chi connectivity index (χ0v) is 27.4. The molecule has 6 rings (SSSR count). The highest BCUT2D eigenvalue weighted by molar-refractivity contribution is 5.91. The smallest absolute Gasteiger partial charge is 0.339 e. The van der Waals surface area contributed by atoms with Crippen molar-refractivity contribution in [3.8, 4) is 34.5 Å². The Morgan fingerprint density at radius 3 is 1.59 bits per heavy atom. The number of nitro benzene ring substituents is 2. The predicted molar refractivity (Wildman–Crippen MR) is 178 cm³/mol. The number of carbonyl (C=O) groups is 2. The summed E-state index contributed by atoms with van der Waals surface area (Å²) >= 11 is 0. The third-order valence-corrected chi connectivity index (χ3v) is 8.59. The van der Waals surface area contributed by atoms with Crippen molar-refractivity contribution in [1.29, 1.82) is 0 Å². The third-order valence-electron chi connectivity index (χ3n) is 8.59. The molecule has 49 heavy (non-hydrogen) atoms. The number of ether oxygens (including phenoxy) is 4. The first-order valence-electron chi connectivity index (χ1n) is 15.5. The molecule has 0 aliphatic heterocycles. The molecular formula is C36H34N2O11. The third kappa shape index (κ3) is 7.00. The number of aldehydes is 1. The highest BCUT2D eigenvalue weighted by atomic mass is 16.6. The summed E-state index contributed by atoms with van der Waals surface area (Å²) in [6.45, 7) is 3.55. The molecule has 0 atom stereocenters. The molecule has 0 radical (unpaired) electrons. The summed E-state index contributed by atoms with van der Waals surface area (Å²) in [6.07, 6.45) is 5.20. The normalized spacial score (nSPS) is 12.6. The number of hydrogen-bond acceptors (Lipinski definition) is 10. The summed E-state index contributed by atoms with van der Waals surface area (Å²) < 4.78 is 22.1. The van der Waals surface area contributed by atoms with Crippen molar-refractivity contribution in [3.63, 3.8) is 0 Å². The van der Waals surface area contributed by atoms with Crippen LogP contribution in [0.1, 0.15) is 66.9 Å². The number of hydrogen-bond donors (Lipinski definition) is 1. The van der Waals surface area contributed by atoms with Crippen LogP contribution in [0.15, 0.2) is 48.5 Å². The van der Waals surface area contributed by atoms with Gasteiger partial charge in [-0.15, -0.1) is 0 Å². The van der Waals surface area contributed by atoms with Gasteiger partial charge in [-0.2, -0.15) is 0 Å². The number of methoxy groups -OCH3 is 2. The maximum atomic E-state index is 11.3. The molecule has 13 nitrogen and oxygen atoms in total. The molecule has 1 N–H and O–H groups in total. The number of nitro groups is 2. The van der Waals surface area contributed by atoms with Crippen LogP contribution in [0.25, 0.3) is 0 Å². The highest BCUT2D eigenvalue weighted by Gasteiger charge is 2.29. The predicted octanol–water partition coefficient (Wildman–Crippen LogP) is 7.90. The molecule has 4 aromatic carbocycles. The van der Waals surface area contributed by atoms with Crippen molar-refractivity contribution in [3.05, 3.63) is 113 Å². The zero-order chi connectivity index (χ0) is 35.4. The first-order chi connectivity index (χ1) is 23.5. The minimum absolute atomic E-state index is 0.00351. The second-order valence-corrected chi connectivity index (χ2v) is 11.6. The molecular weight excluding hydrogens is 636 g/mol. The summed E-state index contributed by atoms with van der Waals surface area (Å²) in [5.74, 6) is 1.67. The molecule has 0 spiro atoms. The Hall–Kier alpha value is -5.98. The number of benzene rings is 4. The van der Waals surface area contributed by atoms with Gasteiger partial charge in [0.1, 0.15) is 40.1 Å². The molecule has 0 amide bonds. The lowest BCUT2D eigenvalue weighted by molar-refractivity contribution is -0.385. The van der Waals surface area contributed by atoms with Crippen LogP contribution in [0.5, 0.6) is 34.5 Å². The van der Waals surface area contributed by atoms with E-state index in [2.05, 4.69) is 0 Å². The number of fused-ring (bicyclic) bond motifs is 2. The number of carbonyl (C=O) groups excluding carboxylic acids is 1. The zero-order valence-electron chi connectivity index (χ0n) is 27.4.